The van der Waals surface area contributed by atoms with Gasteiger partial charge >= 0.3 is 23.9 Å². The van der Waals surface area contributed by atoms with Crippen molar-refractivity contribution in [2.75, 3.05) is 25.7 Å². The van der Waals surface area contributed by atoms with Crippen LogP contribution in [0, 0.1) is 13.8 Å². The quantitative estimate of drug-likeness (QED) is 0.302. The van der Waals surface area contributed by atoms with Crippen LogP contribution in [0.1, 0.15) is 45.9 Å². The molecule has 14 nitrogen and oxygen atoms in total. The fourth-order valence-electron chi connectivity index (χ4n) is 5.13. The summed E-state index contributed by atoms with van der Waals surface area (Å²) < 4.78 is 39.4. The number of amides is 1. The number of aryl methyl sites for hydroxylation is 2. The highest BCUT2D eigenvalue weighted by Crippen LogP contribution is 2.45. The minimum absolute atomic E-state index is 0.147. The van der Waals surface area contributed by atoms with Gasteiger partial charge in [0.15, 0.2) is 30.3 Å². The third kappa shape index (κ3) is 7.31. The lowest BCUT2D eigenvalue weighted by molar-refractivity contribution is -0.251. The van der Waals surface area contributed by atoms with Gasteiger partial charge in [0.1, 0.15) is 24.0 Å². The molecule has 0 aliphatic carbocycles. The second kappa shape index (κ2) is 13.7. The molecule has 234 valence electrons. The van der Waals surface area contributed by atoms with E-state index in [1.54, 1.807) is 0 Å². The summed E-state index contributed by atoms with van der Waals surface area (Å²) in [5.41, 5.74) is 2.12. The molecule has 0 unspecified atom stereocenters. The van der Waals surface area contributed by atoms with Gasteiger partial charge in [-0.15, -0.1) is 0 Å². The van der Waals surface area contributed by atoms with E-state index < -0.39 is 67.0 Å². The molecule has 1 aliphatic heterocycles. The van der Waals surface area contributed by atoms with E-state index in [1.165, 1.54) is 34.1 Å². The standard InChI is InChI=1S/C29H36N2O12/c1-13-10-14(2)30-24-21(37-8)11-20(25(38-9)23(13)24)31(15(3)32)29-28(42-19(7)36)27(41-18(6)35)26(40-17(5)34)22(43-29)12-39-16(4)33/h10-11,22,26-29H,12H2,1-9H3/t22-,26+,27+,28+,29-/m1/s1. The molecule has 0 bridgehead atoms. The fraction of sp³-hybridized carbons (Fsp3) is 0.517. The maximum absolute atomic E-state index is 13.5. The van der Waals surface area contributed by atoms with Crippen molar-refractivity contribution in [3.63, 3.8) is 0 Å². The SMILES string of the molecule is COc1cc(N(C(C)=O)[C@@H]2O[C@H](COC(C)=O)[C@H](OC(C)=O)[C@H](OC(C)=O)[C@@H]2OC(C)=O)c(OC)c2c(C)cc(C)nc12. The molecule has 1 saturated heterocycles. The third-order valence-electron chi connectivity index (χ3n) is 6.55. The normalized spacial score (nSPS) is 21.4. The molecule has 0 radical (unpaired) electrons. The van der Waals surface area contributed by atoms with Crippen molar-refractivity contribution in [2.45, 2.75) is 79.1 Å². The van der Waals surface area contributed by atoms with E-state index in [4.69, 9.17) is 33.2 Å². The van der Waals surface area contributed by atoms with Gasteiger partial charge in [0.25, 0.3) is 0 Å². The topological polar surface area (TPSA) is 166 Å². The van der Waals surface area contributed by atoms with E-state index in [-0.39, 0.29) is 11.4 Å². The molecule has 0 saturated carbocycles. The summed E-state index contributed by atoms with van der Waals surface area (Å²) in [7, 11) is 2.85. The van der Waals surface area contributed by atoms with Crippen LogP contribution in [-0.4, -0.2) is 86.2 Å². The van der Waals surface area contributed by atoms with Crippen molar-refractivity contribution in [3.05, 3.63) is 23.4 Å². The van der Waals surface area contributed by atoms with Crippen molar-refractivity contribution >= 4 is 46.4 Å². The lowest BCUT2D eigenvalue weighted by atomic mass is 9.95. The Morgan fingerprint density at radius 1 is 0.814 bits per heavy atom. The number of fused-ring (bicyclic) bond motifs is 1. The summed E-state index contributed by atoms with van der Waals surface area (Å²) in [6, 6.07) is 3.35. The first-order valence-electron chi connectivity index (χ1n) is 13.3. The minimum Gasteiger partial charge on any atom is -0.494 e. The summed E-state index contributed by atoms with van der Waals surface area (Å²) in [5.74, 6) is -3.13. The average molecular weight is 605 g/mol. The van der Waals surface area contributed by atoms with Crippen molar-refractivity contribution in [1.82, 2.24) is 4.98 Å². The van der Waals surface area contributed by atoms with E-state index in [9.17, 15) is 24.0 Å². The van der Waals surface area contributed by atoms with E-state index in [2.05, 4.69) is 4.98 Å². The van der Waals surface area contributed by atoms with Gasteiger partial charge in [0.2, 0.25) is 5.91 Å². The Morgan fingerprint density at radius 2 is 1.40 bits per heavy atom. The number of esters is 4. The molecule has 1 aliphatic rings. The number of ether oxygens (including phenoxy) is 7. The molecule has 1 aromatic heterocycles. The van der Waals surface area contributed by atoms with Crippen molar-refractivity contribution < 1.29 is 57.1 Å². The monoisotopic (exact) mass is 604 g/mol. The molecular weight excluding hydrogens is 568 g/mol. The number of pyridine rings is 1. The van der Waals surface area contributed by atoms with Crippen LogP contribution in [0.5, 0.6) is 11.5 Å². The Kier molecular flexibility index (Phi) is 10.5. The van der Waals surface area contributed by atoms with Gasteiger partial charge in [0.05, 0.1) is 25.3 Å². The molecule has 14 heteroatoms. The number of nitrogens with zero attached hydrogens (tertiary/aromatic N) is 2. The number of carbonyl (C=O) groups is 5. The number of methoxy groups -OCH3 is 2. The maximum atomic E-state index is 13.5. The lowest BCUT2D eigenvalue weighted by Crippen LogP contribution is -2.67. The number of rotatable bonds is 9. The number of aromatic nitrogens is 1. The molecule has 1 fully saturated rings. The summed E-state index contributed by atoms with van der Waals surface area (Å²) in [4.78, 5) is 67.7. The predicted molar refractivity (Wildman–Crippen MR) is 149 cm³/mol. The zero-order valence-electron chi connectivity index (χ0n) is 25.5. The highest BCUT2D eigenvalue weighted by atomic mass is 16.7. The Morgan fingerprint density at radius 3 is 1.91 bits per heavy atom. The van der Waals surface area contributed by atoms with Crippen molar-refractivity contribution in [3.8, 4) is 11.5 Å². The zero-order chi connectivity index (χ0) is 32.2. The molecule has 1 amide bonds. The maximum Gasteiger partial charge on any atom is 0.303 e. The molecule has 0 N–H and O–H groups in total. The van der Waals surface area contributed by atoms with Crippen LogP contribution in [-0.2, 0) is 47.7 Å². The fourth-order valence-corrected chi connectivity index (χ4v) is 5.13. The van der Waals surface area contributed by atoms with E-state index >= 15 is 0 Å². The zero-order valence-corrected chi connectivity index (χ0v) is 25.5. The van der Waals surface area contributed by atoms with Gasteiger partial charge in [-0.3, -0.25) is 28.9 Å². The van der Waals surface area contributed by atoms with Crippen LogP contribution in [0.2, 0.25) is 0 Å². The van der Waals surface area contributed by atoms with E-state index in [1.807, 2.05) is 19.9 Å². The highest BCUT2D eigenvalue weighted by molar-refractivity contribution is 6.03. The molecular formula is C29H36N2O12. The second-order valence-electron chi connectivity index (χ2n) is 9.91. The summed E-state index contributed by atoms with van der Waals surface area (Å²) >= 11 is 0. The lowest BCUT2D eigenvalue weighted by Gasteiger charge is -2.47. The van der Waals surface area contributed by atoms with E-state index in [0.29, 0.717) is 16.7 Å². The molecule has 1 aromatic carbocycles. The van der Waals surface area contributed by atoms with Gasteiger partial charge in [-0.1, -0.05) is 0 Å². The summed E-state index contributed by atoms with van der Waals surface area (Å²) in [6.07, 6.45) is -7.17. The van der Waals surface area contributed by atoms with Crippen LogP contribution in [0.3, 0.4) is 0 Å². The van der Waals surface area contributed by atoms with Crippen LogP contribution in [0.4, 0.5) is 5.69 Å². The van der Waals surface area contributed by atoms with Crippen molar-refractivity contribution in [2.24, 2.45) is 0 Å². The van der Waals surface area contributed by atoms with Crippen molar-refractivity contribution in [1.29, 1.82) is 0 Å². The minimum atomic E-state index is -1.52. The highest BCUT2D eigenvalue weighted by Gasteiger charge is 2.55. The van der Waals surface area contributed by atoms with Crippen LogP contribution < -0.4 is 14.4 Å². The van der Waals surface area contributed by atoms with Crippen LogP contribution >= 0.6 is 0 Å². The Bertz CT molecular complexity index is 1420. The first kappa shape index (κ1) is 33.0. The largest absolute Gasteiger partial charge is 0.494 e. The van der Waals surface area contributed by atoms with Gasteiger partial charge < -0.3 is 33.2 Å². The van der Waals surface area contributed by atoms with Crippen LogP contribution in [0.25, 0.3) is 10.9 Å². The van der Waals surface area contributed by atoms with Crippen LogP contribution in [0.15, 0.2) is 12.1 Å². The Hall–Kier alpha value is -4.46. The average Bonchev–Trinajstić information content (AvgIpc) is 2.89. The number of carbonyl (C=O) groups excluding carboxylic acids is 5. The molecule has 5 atom stereocenters. The van der Waals surface area contributed by atoms with Gasteiger partial charge in [0, 0.05) is 46.4 Å². The van der Waals surface area contributed by atoms with Gasteiger partial charge in [-0.2, -0.15) is 0 Å². The molecule has 2 aromatic rings. The molecule has 43 heavy (non-hydrogen) atoms. The smallest absolute Gasteiger partial charge is 0.303 e. The molecule has 3 rings (SSSR count). The van der Waals surface area contributed by atoms with Gasteiger partial charge in [-0.05, 0) is 25.5 Å². The predicted octanol–water partition coefficient (Wildman–Crippen LogP) is 2.30. The number of hydrogen-bond acceptors (Lipinski definition) is 13. The Labute approximate surface area is 248 Å². The second-order valence-corrected chi connectivity index (χ2v) is 9.91. The third-order valence-corrected chi connectivity index (χ3v) is 6.55. The summed E-state index contributed by atoms with van der Waals surface area (Å²) in [6.45, 7) is 8.96. The molecule has 0 spiro atoms. The first-order chi connectivity index (χ1) is 20.2. The Balaban J connectivity index is 2.35. The summed E-state index contributed by atoms with van der Waals surface area (Å²) in [5, 5.41) is 0.541. The number of anilines is 1. The number of benzene rings is 1. The van der Waals surface area contributed by atoms with E-state index in [0.717, 1.165) is 36.9 Å². The van der Waals surface area contributed by atoms with Gasteiger partial charge in [-0.25, -0.2) is 4.98 Å². The molecule has 2 heterocycles. The first-order valence-corrected chi connectivity index (χ1v) is 13.3. The number of hydrogen-bond donors (Lipinski definition) is 0.